The average molecular weight is 962 g/mol. The molecule has 0 spiro atoms. The molecule has 0 unspecified atom stereocenters. The van der Waals surface area contributed by atoms with Crippen LogP contribution in [0.1, 0.15) is 0 Å². The lowest BCUT2D eigenvalue weighted by atomic mass is 11.3. The maximum absolute atomic E-state index is 7.28. The molecule has 0 saturated carbocycles. The molecule has 1 rings (SSSR count). The van der Waals surface area contributed by atoms with Crippen LogP contribution in [0.5, 0.6) is 0 Å². The Morgan fingerprint density at radius 3 is 0.407 bits per heavy atom. The van der Waals surface area contributed by atoms with Crippen LogP contribution < -0.4 is 0 Å². The quantitative estimate of drug-likeness (QED) is 0.122. The third kappa shape index (κ3) is 17.0. The second kappa shape index (κ2) is 18.0. The van der Waals surface area contributed by atoms with Gasteiger partial charge in [-0.25, -0.2) is 0 Å². The summed E-state index contributed by atoms with van der Waals surface area (Å²) in [5.41, 5.74) is 9.38. The first-order valence-corrected chi connectivity index (χ1v) is 49.3. The molecule has 0 atom stereocenters. The van der Waals surface area contributed by atoms with Crippen molar-refractivity contribution in [3.8, 4) is 0 Å². The highest BCUT2D eigenvalue weighted by Crippen LogP contribution is 2.40. The molecule has 0 aromatic carbocycles. The van der Waals surface area contributed by atoms with Crippen molar-refractivity contribution < 1.29 is 49.4 Å². The van der Waals surface area contributed by atoms with Gasteiger partial charge in [-0.15, -0.1) is 39.5 Å². The van der Waals surface area contributed by atoms with Crippen LogP contribution >= 0.6 is 0 Å². The highest BCUT2D eigenvalue weighted by molar-refractivity contribution is 7.01. The van der Waals surface area contributed by atoms with Crippen molar-refractivity contribution in [2.24, 2.45) is 0 Å². The van der Waals surface area contributed by atoms with Crippen molar-refractivity contribution >= 4 is 103 Å². The van der Waals surface area contributed by atoms with Crippen LogP contribution in [-0.2, 0) is 49.4 Å². The van der Waals surface area contributed by atoms with E-state index >= 15 is 0 Å². The van der Waals surface area contributed by atoms with E-state index in [-0.39, 0.29) is 0 Å². The Hall–Kier alpha value is 0.563. The molecular weight excluding hydrogens is 889 g/mol. The molecule has 1 saturated heterocycles. The molecule has 1 aliphatic rings. The van der Waals surface area contributed by atoms with Gasteiger partial charge in [0, 0.05) is 0 Å². The highest BCUT2D eigenvalue weighted by atomic mass is 28.6. The second-order valence-corrected chi connectivity index (χ2v) is 63.6. The zero-order valence-electron chi connectivity index (χ0n) is 36.6. The van der Waals surface area contributed by atoms with E-state index in [1.807, 2.05) is 118 Å². The zero-order valence-corrected chi connectivity index (χ0v) is 48.6. The van der Waals surface area contributed by atoms with Crippen LogP contribution in [0.3, 0.4) is 0 Å². The monoisotopic (exact) mass is 960 g/mol. The third-order valence-electron chi connectivity index (χ3n) is 5.90. The van der Waals surface area contributed by atoms with Gasteiger partial charge in [-0.1, -0.05) is 0 Å². The van der Waals surface area contributed by atoms with Gasteiger partial charge in [0.15, 0.2) is 49.9 Å². The molecule has 12 nitrogen and oxygen atoms in total. The molecule has 1 fully saturated rings. The van der Waals surface area contributed by atoms with Gasteiger partial charge in [0.2, 0.25) is 0 Å². The molecule has 0 radical (unpaired) electrons. The van der Waals surface area contributed by atoms with Crippen LogP contribution in [0, 0.1) is 0 Å². The Kier molecular flexibility index (Phi) is 17.6. The van der Waals surface area contributed by atoms with Gasteiger partial charge in [0.25, 0.3) is 0 Å². The van der Waals surface area contributed by atoms with Gasteiger partial charge in [-0.2, -0.15) is 0 Å². The topological polar surface area (TPSA) is 111 Å². The summed E-state index contributed by atoms with van der Waals surface area (Å²) in [6.07, 6.45) is 0. The molecule has 1 aliphatic heterocycles. The highest BCUT2D eigenvalue weighted by Gasteiger charge is 2.69. The first-order chi connectivity index (χ1) is 23.8. The molecule has 1 heterocycles. The van der Waals surface area contributed by atoms with Gasteiger partial charge >= 0.3 is 52.8 Å². The van der Waals surface area contributed by atoms with Crippen molar-refractivity contribution in [2.45, 2.75) is 118 Å². The fourth-order valence-electron chi connectivity index (χ4n) is 4.88. The lowest BCUT2D eigenvalue weighted by molar-refractivity contribution is 0.103. The minimum atomic E-state index is -4.24. The Balaban J connectivity index is 4.86. The minimum Gasteiger partial charge on any atom is -0.414 e. The summed E-state index contributed by atoms with van der Waals surface area (Å²) in [5.74, 6) is 0. The lowest BCUT2D eigenvalue weighted by Crippen LogP contribution is -2.75. The third-order valence-corrected chi connectivity index (χ3v) is 44.1. The number of rotatable bonds is 18. The summed E-state index contributed by atoms with van der Waals surface area (Å²) in [6.45, 7) is 62.0. The second-order valence-electron chi connectivity index (χ2n) is 18.7. The van der Waals surface area contributed by atoms with E-state index in [0.29, 0.717) is 0 Å². The molecule has 0 N–H and O–H groups in total. The van der Waals surface area contributed by atoms with Gasteiger partial charge in [-0.05, 0) is 152 Å². The minimum absolute atomic E-state index is 1.56. The predicted octanol–water partition coefficient (Wildman–Crippen LogP) is 9.19. The van der Waals surface area contributed by atoms with E-state index in [2.05, 4.69) is 39.5 Å². The largest absolute Gasteiger partial charge is 0.504 e. The number of hydrogen-bond donors (Lipinski definition) is 0. The maximum Gasteiger partial charge on any atom is 0.504 e. The number of hydrogen-bond acceptors (Lipinski definition) is 12. The molecule has 312 valence electrons. The SMILES string of the molecule is C=C[Si]1(O[Si](C)(C)C)O[Si](C=C)(O[Si](C)(C)C)O[Si](C=C)(O[Si](C)(C)C)O[Si](C=C)(O[Si](C)(C)C)O[Si](C=C)(O[Si](C)(C)C)O[Si](C=C)(O[Si](C)(C)C)O1. The average Bonchev–Trinajstić information content (AvgIpc) is 2.90. The summed E-state index contributed by atoms with van der Waals surface area (Å²) in [6, 6.07) is 0. The molecule has 24 heteroatoms. The van der Waals surface area contributed by atoms with Crippen LogP contribution in [-0.4, -0.2) is 103 Å². The van der Waals surface area contributed by atoms with Crippen molar-refractivity contribution in [3.05, 3.63) is 73.7 Å². The van der Waals surface area contributed by atoms with Crippen LogP contribution in [0.25, 0.3) is 0 Å². The molecule has 54 heavy (non-hydrogen) atoms. The Morgan fingerprint density at radius 2 is 0.352 bits per heavy atom. The molecule has 0 aromatic rings. The van der Waals surface area contributed by atoms with E-state index in [1.165, 1.54) is 0 Å². The standard InChI is InChI=1S/C30H72O12Si12/c1-25-49(31-43(7,8)9)37-50(26-2,32-44(10,11)12)39-52(28-4,34-46(16,17)18)41-54(30-6,36-48(22,23)24)42-53(29-5,35-47(19,20)21)40-51(27-3,38-49)33-45(13,14)15/h25-30H,1-6H2,7-24H3. The van der Waals surface area contributed by atoms with E-state index < -0.39 is 103 Å². The first kappa shape index (κ1) is 52.6. The predicted molar refractivity (Wildman–Crippen MR) is 249 cm³/mol. The molecular formula is C30H72O12Si12. The van der Waals surface area contributed by atoms with Gasteiger partial charge in [0.05, 0.1) is 0 Å². The zero-order chi connectivity index (χ0) is 42.7. The van der Waals surface area contributed by atoms with Crippen molar-refractivity contribution in [1.29, 1.82) is 0 Å². The summed E-state index contributed by atoms with van der Waals surface area (Å²) >= 11 is 0. The van der Waals surface area contributed by atoms with E-state index in [0.717, 1.165) is 0 Å². The summed E-state index contributed by atoms with van der Waals surface area (Å²) < 4.78 is 85.7. The van der Waals surface area contributed by atoms with Gasteiger partial charge < -0.3 is 49.4 Å². The fraction of sp³-hybridized carbons (Fsp3) is 0.600. The van der Waals surface area contributed by atoms with Crippen LogP contribution in [0.2, 0.25) is 118 Å². The molecule has 0 amide bonds. The normalized spacial score (nSPS) is 32.8. The fourth-order valence-corrected chi connectivity index (χ4v) is 50.6. The van der Waals surface area contributed by atoms with Crippen molar-refractivity contribution in [3.63, 3.8) is 0 Å². The lowest BCUT2D eigenvalue weighted by Gasteiger charge is -2.51. The Bertz CT molecular complexity index is 1080. The molecule has 0 bridgehead atoms. The molecule has 0 aliphatic carbocycles. The molecule has 0 aromatic heterocycles. The summed E-state index contributed by atoms with van der Waals surface area (Å²) in [4.78, 5) is 0. The van der Waals surface area contributed by atoms with Gasteiger partial charge in [-0.3, -0.25) is 0 Å². The van der Waals surface area contributed by atoms with Crippen LogP contribution in [0.15, 0.2) is 73.7 Å². The van der Waals surface area contributed by atoms with E-state index in [9.17, 15) is 0 Å². The Morgan fingerprint density at radius 1 is 0.259 bits per heavy atom. The summed E-state index contributed by atoms with van der Waals surface area (Å²) in [7, 11) is -40.7. The van der Waals surface area contributed by atoms with E-state index in [1.54, 1.807) is 34.2 Å². The van der Waals surface area contributed by atoms with E-state index in [4.69, 9.17) is 49.4 Å². The summed E-state index contributed by atoms with van der Waals surface area (Å²) in [5, 5.41) is 0. The van der Waals surface area contributed by atoms with Crippen molar-refractivity contribution in [2.75, 3.05) is 0 Å². The van der Waals surface area contributed by atoms with Crippen LogP contribution in [0.4, 0.5) is 0 Å². The Labute approximate surface area is 341 Å². The van der Waals surface area contributed by atoms with Gasteiger partial charge in [0.1, 0.15) is 0 Å². The first-order valence-electron chi connectivity index (χ1n) is 18.1. The van der Waals surface area contributed by atoms with Crippen molar-refractivity contribution in [1.82, 2.24) is 0 Å². The maximum atomic E-state index is 7.28. The smallest absolute Gasteiger partial charge is 0.414 e.